The number of aliphatic hydroxyl groups is 1. The minimum absolute atomic E-state index is 0.125. The molecule has 2 N–H and O–H groups in total. The molecule has 146 valence electrons. The average molecular weight is 365 g/mol. The van der Waals surface area contributed by atoms with Crippen molar-refractivity contribution in [2.75, 3.05) is 0 Å². The lowest BCUT2D eigenvalue weighted by molar-refractivity contribution is 0.0401. The lowest BCUT2D eigenvalue weighted by Crippen LogP contribution is -2.53. The molecule has 1 saturated carbocycles. The number of alkyl carbamates (subject to hydrolysis) is 1. The molecule has 1 atom stereocenters. The molecule has 1 fully saturated rings. The van der Waals surface area contributed by atoms with E-state index in [2.05, 4.69) is 12.2 Å². The van der Waals surface area contributed by atoms with Crippen LogP contribution in [0.25, 0.3) is 0 Å². The fraction of sp³-hybridized carbons (Fsp3) is 0.667. The molecule has 1 aliphatic carbocycles. The van der Waals surface area contributed by atoms with E-state index in [-0.39, 0.29) is 23.4 Å². The van der Waals surface area contributed by atoms with Crippen molar-refractivity contribution in [1.29, 1.82) is 0 Å². The van der Waals surface area contributed by atoms with Crippen LogP contribution in [0.15, 0.2) is 24.3 Å². The first-order chi connectivity index (χ1) is 12.2. The Morgan fingerprint density at radius 2 is 1.88 bits per heavy atom. The van der Waals surface area contributed by atoms with Gasteiger partial charge in [0.05, 0.1) is 6.10 Å². The number of benzene rings is 1. The normalized spacial score (nSPS) is 24.8. The SMILES string of the molecule is CCCC(NC(=O)OC(C)(C)C)C1(c2ccc(F)cc2)CCC(O)CC1. The van der Waals surface area contributed by atoms with Gasteiger partial charge in [0.25, 0.3) is 0 Å². The summed E-state index contributed by atoms with van der Waals surface area (Å²) >= 11 is 0. The van der Waals surface area contributed by atoms with Gasteiger partial charge in [0.15, 0.2) is 0 Å². The number of rotatable bonds is 5. The first-order valence-corrected chi connectivity index (χ1v) is 9.60. The minimum atomic E-state index is -0.563. The van der Waals surface area contributed by atoms with Gasteiger partial charge in [0.2, 0.25) is 0 Å². The molecule has 0 radical (unpaired) electrons. The summed E-state index contributed by atoms with van der Waals surface area (Å²) in [4.78, 5) is 12.4. The molecule has 0 saturated heterocycles. The third kappa shape index (κ3) is 5.19. The van der Waals surface area contributed by atoms with Gasteiger partial charge < -0.3 is 15.2 Å². The van der Waals surface area contributed by atoms with Crippen LogP contribution in [-0.4, -0.2) is 28.9 Å². The van der Waals surface area contributed by atoms with Crippen molar-refractivity contribution < 1.29 is 19.0 Å². The van der Waals surface area contributed by atoms with E-state index in [1.165, 1.54) is 12.1 Å². The van der Waals surface area contributed by atoms with Crippen molar-refractivity contribution in [3.63, 3.8) is 0 Å². The van der Waals surface area contributed by atoms with E-state index in [0.29, 0.717) is 12.8 Å². The molecule has 1 unspecified atom stereocenters. The maximum Gasteiger partial charge on any atom is 0.407 e. The molecule has 0 aliphatic heterocycles. The molecular formula is C21H32FNO3. The standard InChI is InChI=1S/C21H32FNO3/c1-5-6-18(23-19(25)26-20(2,3)4)21(13-11-17(24)12-14-21)15-7-9-16(22)10-8-15/h7-10,17-18,24H,5-6,11-14H2,1-4H3,(H,23,25). The van der Waals surface area contributed by atoms with Crippen LogP contribution in [-0.2, 0) is 10.2 Å². The van der Waals surface area contributed by atoms with Gasteiger partial charge in [0.1, 0.15) is 11.4 Å². The van der Waals surface area contributed by atoms with Gasteiger partial charge in [0, 0.05) is 11.5 Å². The van der Waals surface area contributed by atoms with Gasteiger partial charge in [-0.3, -0.25) is 0 Å². The predicted molar refractivity (Wildman–Crippen MR) is 101 cm³/mol. The molecule has 1 aromatic carbocycles. The number of nitrogens with one attached hydrogen (secondary N) is 1. The van der Waals surface area contributed by atoms with Crippen molar-refractivity contribution in [2.24, 2.45) is 0 Å². The summed E-state index contributed by atoms with van der Waals surface area (Å²) in [6, 6.07) is 6.44. The fourth-order valence-corrected chi connectivity index (χ4v) is 3.96. The Morgan fingerprint density at radius 3 is 2.38 bits per heavy atom. The first kappa shape index (κ1) is 20.7. The molecule has 1 amide bonds. The summed E-state index contributed by atoms with van der Waals surface area (Å²) in [5.41, 5.74) is 0.132. The third-order valence-corrected chi connectivity index (χ3v) is 5.20. The summed E-state index contributed by atoms with van der Waals surface area (Å²) in [7, 11) is 0. The zero-order valence-corrected chi connectivity index (χ0v) is 16.3. The zero-order chi connectivity index (χ0) is 19.4. The molecule has 0 heterocycles. The van der Waals surface area contributed by atoms with Gasteiger partial charge in [-0.2, -0.15) is 0 Å². The highest BCUT2D eigenvalue weighted by molar-refractivity contribution is 5.68. The smallest absolute Gasteiger partial charge is 0.407 e. The second kappa shape index (κ2) is 8.38. The summed E-state index contributed by atoms with van der Waals surface area (Å²) < 4.78 is 18.9. The van der Waals surface area contributed by atoms with Gasteiger partial charge in [-0.05, 0) is 70.6 Å². The molecule has 1 aliphatic rings. The Balaban J connectivity index is 2.33. The maximum atomic E-state index is 13.5. The summed E-state index contributed by atoms with van der Waals surface area (Å²) in [6.45, 7) is 7.61. The number of halogens is 1. The van der Waals surface area contributed by atoms with E-state index in [1.807, 2.05) is 32.9 Å². The molecule has 2 rings (SSSR count). The molecule has 0 aromatic heterocycles. The number of hydrogen-bond acceptors (Lipinski definition) is 3. The van der Waals surface area contributed by atoms with Crippen molar-refractivity contribution in [1.82, 2.24) is 5.32 Å². The van der Waals surface area contributed by atoms with Crippen molar-refractivity contribution in [3.05, 3.63) is 35.6 Å². The Hall–Kier alpha value is -1.62. The quantitative estimate of drug-likeness (QED) is 0.796. The monoisotopic (exact) mass is 365 g/mol. The van der Waals surface area contributed by atoms with E-state index in [4.69, 9.17) is 4.74 Å². The van der Waals surface area contributed by atoms with E-state index in [9.17, 15) is 14.3 Å². The van der Waals surface area contributed by atoms with Crippen molar-refractivity contribution in [2.45, 2.75) is 89.4 Å². The van der Waals surface area contributed by atoms with Crippen LogP contribution in [0.3, 0.4) is 0 Å². The van der Waals surface area contributed by atoms with Crippen LogP contribution < -0.4 is 5.32 Å². The summed E-state index contributed by atoms with van der Waals surface area (Å²) in [5.74, 6) is -0.271. The van der Waals surface area contributed by atoms with Crippen LogP contribution in [0, 0.1) is 5.82 Å². The Morgan fingerprint density at radius 1 is 1.31 bits per heavy atom. The number of carbonyl (C=O) groups is 1. The fourth-order valence-electron chi connectivity index (χ4n) is 3.96. The van der Waals surface area contributed by atoms with E-state index < -0.39 is 11.7 Å². The first-order valence-electron chi connectivity index (χ1n) is 9.60. The van der Waals surface area contributed by atoms with Gasteiger partial charge in [-0.1, -0.05) is 25.5 Å². The largest absolute Gasteiger partial charge is 0.444 e. The molecule has 4 nitrogen and oxygen atoms in total. The molecule has 26 heavy (non-hydrogen) atoms. The summed E-state index contributed by atoms with van der Waals surface area (Å²) in [6.07, 6.45) is 3.82. The second-order valence-corrected chi connectivity index (χ2v) is 8.38. The molecule has 5 heteroatoms. The van der Waals surface area contributed by atoms with Crippen LogP contribution >= 0.6 is 0 Å². The van der Waals surface area contributed by atoms with E-state index >= 15 is 0 Å². The van der Waals surface area contributed by atoms with Gasteiger partial charge >= 0.3 is 6.09 Å². The Kier molecular flexibility index (Phi) is 6.67. The van der Waals surface area contributed by atoms with E-state index in [0.717, 1.165) is 31.2 Å². The average Bonchev–Trinajstić information content (AvgIpc) is 2.55. The van der Waals surface area contributed by atoms with Crippen molar-refractivity contribution >= 4 is 6.09 Å². The zero-order valence-electron chi connectivity index (χ0n) is 16.3. The summed E-state index contributed by atoms with van der Waals surface area (Å²) in [5, 5.41) is 13.1. The number of ether oxygens (including phenoxy) is 1. The second-order valence-electron chi connectivity index (χ2n) is 8.38. The van der Waals surface area contributed by atoms with Gasteiger partial charge in [-0.15, -0.1) is 0 Å². The number of aliphatic hydroxyl groups excluding tert-OH is 1. The van der Waals surface area contributed by atoms with Crippen LogP contribution in [0.4, 0.5) is 9.18 Å². The Bertz CT molecular complexity index is 586. The van der Waals surface area contributed by atoms with E-state index in [1.54, 1.807) is 0 Å². The van der Waals surface area contributed by atoms with Crippen molar-refractivity contribution in [3.8, 4) is 0 Å². The molecular weight excluding hydrogens is 333 g/mol. The highest BCUT2D eigenvalue weighted by Gasteiger charge is 2.43. The number of amides is 1. The predicted octanol–water partition coefficient (Wildman–Crippen LogP) is 4.69. The number of carbonyl (C=O) groups excluding carboxylic acids is 1. The van der Waals surface area contributed by atoms with Crippen LogP contribution in [0.2, 0.25) is 0 Å². The topological polar surface area (TPSA) is 58.6 Å². The maximum absolute atomic E-state index is 13.5. The Labute approximate surface area is 156 Å². The highest BCUT2D eigenvalue weighted by atomic mass is 19.1. The van der Waals surface area contributed by atoms with Crippen LogP contribution in [0.1, 0.15) is 71.8 Å². The van der Waals surface area contributed by atoms with Crippen LogP contribution in [0.5, 0.6) is 0 Å². The highest BCUT2D eigenvalue weighted by Crippen LogP contribution is 2.43. The minimum Gasteiger partial charge on any atom is -0.444 e. The lowest BCUT2D eigenvalue weighted by atomic mass is 9.63. The number of hydrogen-bond donors (Lipinski definition) is 2. The molecule has 1 aromatic rings. The lowest BCUT2D eigenvalue weighted by Gasteiger charge is -2.45. The molecule has 0 bridgehead atoms. The third-order valence-electron chi connectivity index (χ3n) is 5.20. The molecule has 0 spiro atoms. The van der Waals surface area contributed by atoms with Gasteiger partial charge in [-0.25, -0.2) is 9.18 Å².